The molecular formula is C17H28N2O2. The molecule has 0 aliphatic carbocycles. The smallest absolute Gasteiger partial charge is 0.260 e. The molecule has 0 aliphatic heterocycles. The summed E-state index contributed by atoms with van der Waals surface area (Å²) in [5.74, 6) is 0.605. The lowest BCUT2D eigenvalue weighted by Gasteiger charge is -2.21. The highest BCUT2D eigenvalue weighted by atomic mass is 16.5. The van der Waals surface area contributed by atoms with E-state index in [2.05, 4.69) is 12.2 Å². The van der Waals surface area contributed by atoms with E-state index >= 15 is 0 Å². The zero-order valence-corrected chi connectivity index (χ0v) is 13.6. The number of para-hydroxylation sites is 1. The molecule has 0 heterocycles. The lowest BCUT2D eigenvalue weighted by molar-refractivity contribution is -0.127. The monoisotopic (exact) mass is 292 g/mol. The Morgan fingerprint density at radius 3 is 2.57 bits per heavy atom. The molecule has 0 fully saturated rings. The number of amides is 1. The number of nitrogens with one attached hydrogen (secondary N) is 1. The molecule has 3 N–H and O–H groups in total. The summed E-state index contributed by atoms with van der Waals surface area (Å²) in [6.45, 7) is 7.91. The van der Waals surface area contributed by atoms with Crippen molar-refractivity contribution < 1.29 is 9.53 Å². The van der Waals surface area contributed by atoms with E-state index in [1.165, 1.54) is 0 Å². The number of hydrogen-bond donors (Lipinski definition) is 2. The number of rotatable bonds is 8. The van der Waals surface area contributed by atoms with Crippen molar-refractivity contribution in [3.8, 4) is 5.75 Å². The third-order valence-electron chi connectivity index (χ3n) is 3.54. The van der Waals surface area contributed by atoms with Gasteiger partial charge in [-0.15, -0.1) is 0 Å². The van der Waals surface area contributed by atoms with Crippen LogP contribution in [0.3, 0.4) is 0 Å². The fraction of sp³-hybridized carbons (Fsp3) is 0.588. The largest absolute Gasteiger partial charge is 0.481 e. The van der Waals surface area contributed by atoms with Crippen molar-refractivity contribution in [2.75, 3.05) is 0 Å². The first-order chi connectivity index (χ1) is 9.99. The molecule has 0 saturated carbocycles. The fourth-order valence-corrected chi connectivity index (χ4v) is 2.22. The van der Waals surface area contributed by atoms with Crippen LogP contribution in [0.2, 0.25) is 0 Å². The zero-order chi connectivity index (χ0) is 15.8. The molecule has 1 aromatic carbocycles. The van der Waals surface area contributed by atoms with E-state index in [0.717, 1.165) is 24.8 Å². The molecule has 0 spiro atoms. The Balaban J connectivity index is 2.70. The van der Waals surface area contributed by atoms with E-state index < -0.39 is 6.10 Å². The predicted molar refractivity (Wildman–Crippen MR) is 86.3 cm³/mol. The normalized spacial score (nSPS) is 15.1. The van der Waals surface area contributed by atoms with Crippen molar-refractivity contribution in [3.05, 3.63) is 29.8 Å². The van der Waals surface area contributed by atoms with Crippen molar-refractivity contribution in [2.24, 2.45) is 5.73 Å². The molecule has 4 nitrogen and oxygen atoms in total. The van der Waals surface area contributed by atoms with Gasteiger partial charge in [-0.2, -0.15) is 0 Å². The number of carbonyl (C=O) groups is 1. The van der Waals surface area contributed by atoms with E-state index in [9.17, 15) is 4.79 Å². The minimum atomic E-state index is -0.533. The van der Waals surface area contributed by atoms with Crippen LogP contribution >= 0.6 is 0 Å². The van der Waals surface area contributed by atoms with Crippen LogP contribution < -0.4 is 15.8 Å². The summed E-state index contributed by atoms with van der Waals surface area (Å²) >= 11 is 0. The van der Waals surface area contributed by atoms with Crippen molar-refractivity contribution in [2.45, 2.75) is 65.1 Å². The van der Waals surface area contributed by atoms with Crippen LogP contribution in [0.5, 0.6) is 5.75 Å². The van der Waals surface area contributed by atoms with Gasteiger partial charge in [-0.1, -0.05) is 38.5 Å². The minimum absolute atomic E-state index is 0.0736. The Labute approximate surface area is 128 Å². The van der Waals surface area contributed by atoms with Gasteiger partial charge in [0.15, 0.2) is 6.10 Å². The molecule has 1 aromatic rings. The minimum Gasteiger partial charge on any atom is -0.481 e. The van der Waals surface area contributed by atoms with Gasteiger partial charge in [0.1, 0.15) is 5.75 Å². The summed E-state index contributed by atoms with van der Waals surface area (Å²) in [6.07, 6.45) is 2.31. The van der Waals surface area contributed by atoms with E-state index in [1.807, 2.05) is 38.1 Å². The highest BCUT2D eigenvalue weighted by Gasteiger charge is 2.19. The van der Waals surface area contributed by atoms with E-state index in [-0.39, 0.29) is 18.0 Å². The van der Waals surface area contributed by atoms with Crippen LogP contribution in [0.15, 0.2) is 24.3 Å². The topological polar surface area (TPSA) is 64.3 Å². The van der Waals surface area contributed by atoms with Gasteiger partial charge in [0.2, 0.25) is 0 Å². The maximum absolute atomic E-state index is 12.1. The third-order valence-corrected chi connectivity index (χ3v) is 3.54. The molecule has 0 radical (unpaired) electrons. The summed E-state index contributed by atoms with van der Waals surface area (Å²) in [5, 5.41) is 2.97. The highest BCUT2D eigenvalue weighted by Crippen LogP contribution is 2.26. The molecule has 3 atom stereocenters. The van der Waals surface area contributed by atoms with E-state index in [1.54, 1.807) is 6.92 Å². The second-order valence-electron chi connectivity index (χ2n) is 5.51. The summed E-state index contributed by atoms with van der Waals surface area (Å²) in [7, 11) is 0. The van der Waals surface area contributed by atoms with Crippen LogP contribution in [0, 0.1) is 0 Å². The number of carbonyl (C=O) groups excluding carboxylic acids is 1. The molecule has 21 heavy (non-hydrogen) atoms. The van der Waals surface area contributed by atoms with Gasteiger partial charge in [-0.05, 0) is 32.8 Å². The molecule has 0 bridgehead atoms. The average Bonchev–Trinajstić information content (AvgIpc) is 2.47. The SMILES string of the molecule is CCCC(C)NC(=O)C(C)Oc1ccccc1[C@@H](N)CC. The first kappa shape index (κ1) is 17.5. The predicted octanol–water partition coefficient (Wildman–Crippen LogP) is 3.17. The lowest BCUT2D eigenvalue weighted by Crippen LogP contribution is -2.41. The van der Waals surface area contributed by atoms with Crippen LogP contribution in [0.25, 0.3) is 0 Å². The summed E-state index contributed by atoms with van der Waals surface area (Å²) < 4.78 is 5.82. The summed E-state index contributed by atoms with van der Waals surface area (Å²) in [4.78, 5) is 12.1. The van der Waals surface area contributed by atoms with Gasteiger partial charge in [0.25, 0.3) is 5.91 Å². The standard InChI is InChI=1S/C17H28N2O2/c1-5-9-12(3)19-17(20)13(4)21-16-11-8-7-10-14(16)15(18)6-2/h7-8,10-13,15H,5-6,9,18H2,1-4H3,(H,19,20)/t12?,13?,15-/m0/s1. The van der Waals surface area contributed by atoms with Gasteiger partial charge in [-0.25, -0.2) is 0 Å². The first-order valence-electron chi connectivity index (χ1n) is 7.81. The van der Waals surface area contributed by atoms with Crippen molar-refractivity contribution in [1.82, 2.24) is 5.32 Å². The zero-order valence-electron chi connectivity index (χ0n) is 13.6. The number of hydrogen-bond acceptors (Lipinski definition) is 3. The van der Waals surface area contributed by atoms with Gasteiger partial charge in [0, 0.05) is 17.6 Å². The molecule has 0 aromatic heterocycles. The second-order valence-corrected chi connectivity index (χ2v) is 5.51. The fourth-order valence-electron chi connectivity index (χ4n) is 2.22. The lowest BCUT2D eigenvalue weighted by atomic mass is 10.0. The Hall–Kier alpha value is -1.55. The van der Waals surface area contributed by atoms with Gasteiger partial charge < -0.3 is 15.8 Å². The van der Waals surface area contributed by atoms with E-state index in [4.69, 9.17) is 10.5 Å². The third kappa shape index (κ3) is 5.38. The molecule has 1 rings (SSSR count). The average molecular weight is 292 g/mol. The molecular weight excluding hydrogens is 264 g/mol. The Morgan fingerprint density at radius 1 is 1.29 bits per heavy atom. The van der Waals surface area contributed by atoms with Crippen molar-refractivity contribution >= 4 is 5.91 Å². The van der Waals surface area contributed by atoms with Crippen LogP contribution in [0.4, 0.5) is 0 Å². The van der Waals surface area contributed by atoms with Crippen LogP contribution in [-0.4, -0.2) is 18.1 Å². The maximum atomic E-state index is 12.1. The Bertz CT molecular complexity index is 448. The molecule has 4 heteroatoms. The van der Waals surface area contributed by atoms with Gasteiger partial charge in [0.05, 0.1) is 0 Å². The van der Waals surface area contributed by atoms with Gasteiger partial charge >= 0.3 is 0 Å². The summed E-state index contributed by atoms with van der Waals surface area (Å²) in [6, 6.07) is 7.74. The summed E-state index contributed by atoms with van der Waals surface area (Å²) in [5.41, 5.74) is 7.03. The molecule has 118 valence electrons. The number of nitrogens with two attached hydrogens (primary N) is 1. The molecule has 2 unspecified atom stereocenters. The quantitative estimate of drug-likeness (QED) is 0.773. The highest BCUT2D eigenvalue weighted by molar-refractivity contribution is 5.81. The molecule has 1 amide bonds. The molecule has 0 saturated heterocycles. The first-order valence-corrected chi connectivity index (χ1v) is 7.81. The van der Waals surface area contributed by atoms with Crippen LogP contribution in [0.1, 0.15) is 58.6 Å². The number of ether oxygens (including phenoxy) is 1. The Morgan fingerprint density at radius 2 is 1.95 bits per heavy atom. The van der Waals surface area contributed by atoms with Crippen molar-refractivity contribution in [3.63, 3.8) is 0 Å². The molecule has 0 aliphatic rings. The second kappa shape index (κ2) is 8.67. The van der Waals surface area contributed by atoms with Gasteiger partial charge in [-0.3, -0.25) is 4.79 Å². The maximum Gasteiger partial charge on any atom is 0.260 e. The van der Waals surface area contributed by atoms with Crippen molar-refractivity contribution in [1.29, 1.82) is 0 Å². The van der Waals surface area contributed by atoms with Crippen LogP contribution in [-0.2, 0) is 4.79 Å². The Kier molecular flexibility index (Phi) is 7.23. The van der Waals surface area contributed by atoms with E-state index in [0.29, 0.717) is 5.75 Å². The number of benzene rings is 1.